The molecule has 1 atom stereocenters. The SMILES string of the molecule is CC(N)C(C)(C)NC(=O)Nc1ccc(F)cc1. The third kappa shape index (κ3) is 4.03. The standard InChI is InChI=1S/C12H18FN3O/c1-8(14)12(2,3)16-11(17)15-10-6-4-9(13)5-7-10/h4-8H,14H2,1-3H3,(H2,15,16,17). The Kier molecular flexibility index (Phi) is 4.07. The second-order valence-corrected chi connectivity index (χ2v) is 4.60. The van der Waals surface area contributed by atoms with Gasteiger partial charge in [0.15, 0.2) is 0 Å². The first-order valence-electron chi connectivity index (χ1n) is 5.41. The van der Waals surface area contributed by atoms with Gasteiger partial charge in [0.25, 0.3) is 0 Å². The molecular formula is C12H18FN3O. The van der Waals surface area contributed by atoms with Crippen LogP contribution in [-0.2, 0) is 0 Å². The highest BCUT2D eigenvalue weighted by molar-refractivity contribution is 5.89. The van der Waals surface area contributed by atoms with Gasteiger partial charge in [-0.2, -0.15) is 0 Å². The lowest BCUT2D eigenvalue weighted by Crippen LogP contribution is -2.55. The van der Waals surface area contributed by atoms with Crippen molar-refractivity contribution in [2.24, 2.45) is 5.73 Å². The van der Waals surface area contributed by atoms with Crippen LogP contribution in [0.4, 0.5) is 14.9 Å². The Bertz CT molecular complexity index is 387. The zero-order valence-corrected chi connectivity index (χ0v) is 10.3. The molecule has 0 saturated carbocycles. The van der Waals surface area contributed by atoms with Crippen molar-refractivity contribution in [2.75, 3.05) is 5.32 Å². The number of nitrogens with two attached hydrogens (primary N) is 1. The quantitative estimate of drug-likeness (QED) is 0.756. The summed E-state index contributed by atoms with van der Waals surface area (Å²) in [6.45, 7) is 5.49. The molecule has 1 rings (SSSR count). The van der Waals surface area contributed by atoms with Gasteiger partial charge < -0.3 is 16.4 Å². The molecule has 94 valence electrons. The number of carbonyl (C=O) groups is 1. The van der Waals surface area contributed by atoms with E-state index in [2.05, 4.69) is 10.6 Å². The van der Waals surface area contributed by atoms with Crippen LogP contribution in [0, 0.1) is 5.82 Å². The number of carbonyl (C=O) groups excluding carboxylic acids is 1. The third-order valence-electron chi connectivity index (χ3n) is 2.68. The fourth-order valence-electron chi connectivity index (χ4n) is 1.10. The summed E-state index contributed by atoms with van der Waals surface area (Å²) in [5, 5.41) is 5.36. The lowest BCUT2D eigenvalue weighted by Gasteiger charge is -2.30. The van der Waals surface area contributed by atoms with Crippen molar-refractivity contribution in [2.45, 2.75) is 32.4 Å². The van der Waals surface area contributed by atoms with Gasteiger partial charge in [-0.1, -0.05) is 0 Å². The number of halogens is 1. The van der Waals surface area contributed by atoms with E-state index in [-0.39, 0.29) is 17.9 Å². The molecule has 0 aliphatic carbocycles. The molecule has 4 nitrogen and oxygen atoms in total. The van der Waals surface area contributed by atoms with Crippen molar-refractivity contribution in [3.8, 4) is 0 Å². The smallest absolute Gasteiger partial charge is 0.319 e. The maximum absolute atomic E-state index is 12.7. The Labute approximate surface area is 100 Å². The Morgan fingerprint density at radius 2 is 1.88 bits per heavy atom. The number of amides is 2. The summed E-state index contributed by atoms with van der Waals surface area (Å²) < 4.78 is 12.7. The number of rotatable bonds is 3. The summed E-state index contributed by atoms with van der Waals surface area (Å²) in [6, 6.07) is 5.01. The highest BCUT2D eigenvalue weighted by Crippen LogP contribution is 2.10. The van der Waals surface area contributed by atoms with Gasteiger partial charge in [-0.3, -0.25) is 0 Å². The summed E-state index contributed by atoms with van der Waals surface area (Å²) in [4.78, 5) is 11.6. The van der Waals surface area contributed by atoms with Crippen LogP contribution in [0.5, 0.6) is 0 Å². The third-order valence-corrected chi connectivity index (χ3v) is 2.68. The molecule has 0 spiro atoms. The molecule has 5 heteroatoms. The molecule has 0 aromatic heterocycles. The first kappa shape index (κ1) is 13.4. The second-order valence-electron chi connectivity index (χ2n) is 4.60. The second kappa shape index (κ2) is 5.14. The Balaban J connectivity index is 2.59. The van der Waals surface area contributed by atoms with E-state index >= 15 is 0 Å². The van der Waals surface area contributed by atoms with Crippen LogP contribution >= 0.6 is 0 Å². The van der Waals surface area contributed by atoms with Crippen LogP contribution in [-0.4, -0.2) is 17.6 Å². The van der Waals surface area contributed by atoms with Gasteiger partial charge >= 0.3 is 6.03 Å². The van der Waals surface area contributed by atoms with Gasteiger partial charge in [-0.05, 0) is 45.0 Å². The van der Waals surface area contributed by atoms with E-state index < -0.39 is 5.54 Å². The van der Waals surface area contributed by atoms with Crippen LogP contribution in [0.15, 0.2) is 24.3 Å². The van der Waals surface area contributed by atoms with Crippen LogP contribution in [0.1, 0.15) is 20.8 Å². The van der Waals surface area contributed by atoms with Crippen LogP contribution in [0.3, 0.4) is 0 Å². The van der Waals surface area contributed by atoms with E-state index in [1.165, 1.54) is 24.3 Å². The average molecular weight is 239 g/mol. The number of urea groups is 1. The van der Waals surface area contributed by atoms with Gasteiger partial charge in [-0.15, -0.1) is 0 Å². The normalized spacial score (nSPS) is 13.0. The van der Waals surface area contributed by atoms with Gasteiger partial charge in [0.1, 0.15) is 5.82 Å². The lowest BCUT2D eigenvalue weighted by molar-refractivity contribution is 0.237. The fraction of sp³-hybridized carbons (Fsp3) is 0.417. The number of nitrogens with one attached hydrogen (secondary N) is 2. The minimum absolute atomic E-state index is 0.179. The number of benzene rings is 1. The van der Waals surface area contributed by atoms with Gasteiger partial charge in [-0.25, -0.2) is 9.18 Å². The molecule has 0 fully saturated rings. The van der Waals surface area contributed by atoms with Gasteiger partial charge in [0.05, 0.1) is 5.54 Å². The van der Waals surface area contributed by atoms with Crippen LogP contribution in [0.2, 0.25) is 0 Å². The van der Waals surface area contributed by atoms with Gasteiger partial charge in [0.2, 0.25) is 0 Å². The van der Waals surface area contributed by atoms with E-state index in [9.17, 15) is 9.18 Å². The highest BCUT2D eigenvalue weighted by Gasteiger charge is 2.24. The van der Waals surface area contributed by atoms with Crippen molar-refractivity contribution < 1.29 is 9.18 Å². The minimum atomic E-state index is -0.510. The first-order chi connectivity index (χ1) is 7.81. The van der Waals surface area contributed by atoms with Crippen molar-refractivity contribution in [3.63, 3.8) is 0 Å². The van der Waals surface area contributed by atoms with E-state index in [4.69, 9.17) is 5.73 Å². The molecule has 17 heavy (non-hydrogen) atoms. The highest BCUT2D eigenvalue weighted by atomic mass is 19.1. The molecule has 1 aromatic carbocycles. The number of anilines is 1. The predicted molar refractivity (Wildman–Crippen MR) is 66.3 cm³/mol. The summed E-state index contributed by atoms with van der Waals surface area (Å²) in [5.41, 5.74) is 5.76. The molecule has 1 aromatic rings. The van der Waals surface area contributed by atoms with Crippen molar-refractivity contribution in [1.29, 1.82) is 0 Å². The first-order valence-corrected chi connectivity index (χ1v) is 5.41. The summed E-state index contributed by atoms with van der Waals surface area (Å²) in [7, 11) is 0. The molecule has 0 bridgehead atoms. The molecule has 0 aliphatic heterocycles. The largest absolute Gasteiger partial charge is 0.331 e. The van der Waals surface area contributed by atoms with E-state index in [0.717, 1.165) is 0 Å². The Hall–Kier alpha value is -1.62. The number of hydrogen-bond acceptors (Lipinski definition) is 2. The monoisotopic (exact) mass is 239 g/mol. The fourth-order valence-corrected chi connectivity index (χ4v) is 1.10. The topological polar surface area (TPSA) is 67.1 Å². The Morgan fingerprint density at radius 1 is 1.35 bits per heavy atom. The number of hydrogen-bond donors (Lipinski definition) is 3. The van der Waals surface area contributed by atoms with E-state index in [1.54, 1.807) is 0 Å². The molecule has 1 unspecified atom stereocenters. The lowest BCUT2D eigenvalue weighted by atomic mass is 9.97. The average Bonchev–Trinajstić information content (AvgIpc) is 2.20. The molecule has 0 heterocycles. The zero-order valence-electron chi connectivity index (χ0n) is 10.3. The van der Waals surface area contributed by atoms with Crippen molar-refractivity contribution >= 4 is 11.7 Å². The molecule has 0 aliphatic rings. The minimum Gasteiger partial charge on any atom is -0.331 e. The summed E-state index contributed by atoms with van der Waals surface area (Å²) >= 11 is 0. The van der Waals surface area contributed by atoms with E-state index in [0.29, 0.717) is 5.69 Å². The van der Waals surface area contributed by atoms with Crippen LogP contribution in [0.25, 0.3) is 0 Å². The molecule has 0 saturated heterocycles. The van der Waals surface area contributed by atoms with E-state index in [1.807, 2.05) is 20.8 Å². The van der Waals surface area contributed by atoms with Crippen LogP contribution < -0.4 is 16.4 Å². The molecule has 2 amide bonds. The van der Waals surface area contributed by atoms with Crippen molar-refractivity contribution in [3.05, 3.63) is 30.1 Å². The van der Waals surface area contributed by atoms with Gasteiger partial charge in [0, 0.05) is 11.7 Å². The maximum Gasteiger partial charge on any atom is 0.319 e. The summed E-state index contributed by atoms with van der Waals surface area (Å²) in [5.74, 6) is -0.341. The molecule has 0 radical (unpaired) electrons. The van der Waals surface area contributed by atoms with Crippen molar-refractivity contribution in [1.82, 2.24) is 5.32 Å². The Morgan fingerprint density at radius 3 is 2.35 bits per heavy atom. The molecule has 4 N–H and O–H groups in total. The molecular weight excluding hydrogens is 221 g/mol. The summed E-state index contributed by atoms with van der Waals surface area (Å²) in [6.07, 6.45) is 0. The zero-order chi connectivity index (χ0) is 13.1. The maximum atomic E-state index is 12.7. The predicted octanol–water partition coefficient (Wildman–Crippen LogP) is 2.07.